The van der Waals surface area contributed by atoms with Gasteiger partial charge in [-0.15, -0.1) is 0 Å². The van der Waals surface area contributed by atoms with Crippen LogP contribution in [0, 0.1) is 17.2 Å². The van der Waals surface area contributed by atoms with E-state index in [-0.39, 0.29) is 17.9 Å². The molecule has 0 unspecified atom stereocenters. The van der Waals surface area contributed by atoms with Crippen molar-refractivity contribution in [2.45, 2.75) is 13.0 Å². The smallest absolute Gasteiger partial charge is 0.244 e. The van der Waals surface area contributed by atoms with Gasteiger partial charge in [0.05, 0.1) is 12.0 Å². The van der Waals surface area contributed by atoms with Gasteiger partial charge in [0.25, 0.3) is 0 Å². The van der Waals surface area contributed by atoms with E-state index in [0.717, 1.165) is 30.2 Å². The Hall–Kier alpha value is -1.51. The molecule has 22 heavy (non-hydrogen) atoms. The molecule has 0 radical (unpaired) electrons. The maximum absolute atomic E-state index is 13.0. The number of benzene rings is 1. The average molecular weight is 317 g/mol. The first-order chi connectivity index (χ1) is 10.6. The van der Waals surface area contributed by atoms with E-state index in [2.05, 4.69) is 11.0 Å². The number of carbonyl (C=O) groups is 1. The van der Waals surface area contributed by atoms with Crippen LogP contribution in [-0.2, 0) is 4.79 Å². The van der Waals surface area contributed by atoms with Gasteiger partial charge in [-0.1, -0.05) is 30.3 Å². The molecule has 0 N–H and O–H groups in total. The van der Waals surface area contributed by atoms with Gasteiger partial charge >= 0.3 is 0 Å². The minimum atomic E-state index is -0.238. The second-order valence-electron chi connectivity index (χ2n) is 5.71. The van der Waals surface area contributed by atoms with Crippen LogP contribution in [0.25, 0.3) is 0 Å². The Kier molecular flexibility index (Phi) is 6.29. The molecule has 0 bridgehead atoms. The standard InChI is InChI=1S/C17H23N3OS/c1-14(12-18)13-19(2)17(21)16(15-6-4-3-5-7-15)20-8-10-22-11-9-20/h3-7,14,16H,8-11,13H2,1-2H3/t14-,16+/m0/s1. The SMILES string of the molecule is C[C@@H](C#N)CN(C)C(=O)[C@@H](c1ccccc1)N1CCSCC1. The summed E-state index contributed by atoms with van der Waals surface area (Å²) in [6.07, 6.45) is 0. The van der Waals surface area contributed by atoms with Crippen molar-refractivity contribution in [1.29, 1.82) is 5.26 Å². The highest BCUT2D eigenvalue weighted by atomic mass is 32.2. The lowest BCUT2D eigenvalue weighted by atomic mass is 10.0. The summed E-state index contributed by atoms with van der Waals surface area (Å²) in [5.74, 6) is 2.06. The Bertz CT molecular complexity index is 522. The molecule has 1 heterocycles. The van der Waals surface area contributed by atoms with E-state index in [9.17, 15) is 4.79 Å². The number of hydrogen-bond donors (Lipinski definition) is 0. The van der Waals surface area contributed by atoms with E-state index in [1.807, 2.05) is 49.0 Å². The van der Waals surface area contributed by atoms with Gasteiger partial charge < -0.3 is 4.90 Å². The maximum atomic E-state index is 13.0. The number of rotatable bonds is 5. The van der Waals surface area contributed by atoms with Gasteiger partial charge in [0.1, 0.15) is 6.04 Å². The summed E-state index contributed by atoms with van der Waals surface area (Å²) < 4.78 is 0. The van der Waals surface area contributed by atoms with Gasteiger partial charge in [-0.3, -0.25) is 9.69 Å². The summed E-state index contributed by atoms with van der Waals surface area (Å²) in [7, 11) is 1.80. The Morgan fingerprint density at radius 1 is 1.36 bits per heavy atom. The molecule has 4 nitrogen and oxygen atoms in total. The van der Waals surface area contributed by atoms with Gasteiger partial charge in [0.15, 0.2) is 0 Å². The Morgan fingerprint density at radius 2 is 2.00 bits per heavy atom. The molecule has 1 amide bonds. The zero-order valence-electron chi connectivity index (χ0n) is 13.2. The van der Waals surface area contributed by atoms with Crippen LogP contribution in [0.2, 0.25) is 0 Å². The summed E-state index contributed by atoms with van der Waals surface area (Å²) in [5.41, 5.74) is 1.04. The third-order valence-corrected chi connectivity index (χ3v) is 4.85. The minimum Gasteiger partial charge on any atom is -0.343 e. The number of likely N-dealkylation sites (N-methyl/N-ethyl adjacent to an activating group) is 1. The van der Waals surface area contributed by atoms with Crippen molar-refractivity contribution < 1.29 is 4.79 Å². The highest BCUT2D eigenvalue weighted by Gasteiger charge is 2.31. The molecule has 118 valence electrons. The number of thioether (sulfide) groups is 1. The molecule has 0 aliphatic carbocycles. The molecular weight excluding hydrogens is 294 g/mol. The second-order valence-corrected chi connectivity index (χ2v) is 6.94. The maximum Gasteiger partial charge on any atom is 0.244 e. The van der Waals surface area contributed by atoms with Crippen molar-refractivity contribution in [2.75, 3.05) is 38.2 Å². The van der Waals surface area contributed by atoms with E-state index in [0.29, 0.717) is 6.54 Å². The van der Waals surface area contributed by atoms with Crippen LogP contribution < -0.4 is 0 Å². The molecule has 2 rings (SSSR count). The largest absolute Gasteiger partial charge is 0.343 e. The Labute approximate surface area is 137 Å². The van der Waals surface area contributed by atoms with Gasteiger partial charge in [-0.2, -0.15) is 17.0 Å². The number of nitrogens with zero attached hydrogens (tertiary/aromatic N) is 3. The van der Waals surface area contributed by atoms with Crippen molar-refractivity contribution in [3.63, 3.8) is 0 Å². The molecular formula is C17H23N3OS. The Morgan fingerprint density at radius 3 is 2.59 bits per heavy atom. The van der Waals surface area contributed by atoms with E-state index >= 15 is 0 Å². The Balaban J connectivity index is 2.20. The van der Waals surface area contributed by atoms with Crippen LogP contribution in [-0.4, -0.2) is 53.9 Å². The fourth-order valence-electron chi connectivity index (χ4n) is 2.73. The molecule has 1 aliphatic heterocycles. The highest BCUT2D eigenvalue weighted by molar-refractivity contribution is 7.99. The van der Waals surface area contributed by atoms with Crippen molar-refractivity contribution in [3.8, 4) is 6.07 Å². The van der Waals surface area contributed by atoms with E-state index < -0.39 is 0 Å². The first-order valence-electron chi connectivity index (χ1n) is 7.65. The molecule has 1 aliphatic rings. The number of hydrogen-bond acceptors (Lipinski definition) is 4. The van der Waals surface area contributed by atoms with Crippen molar-refractivity contribution >= 4 is 17.7 Å². The molecule has 1 saturated heterocycles. The molecule has 1 fully saturated rings. The van der Waals surface area contributed by atoms with Crippen LogP contribution in [0.3, 0.4) is 0 Å². The van der Waals surface area contributed by atoms with E-state index in [4.69, 9.17) is 5.26 Å². The molecule has 0 aromatic heterocycles. The normalized spacial score (nSPS) is 18.2. The first-order valence-corrected chi connectivity index (χ1v) is 8.80. The number of amides is 1. The predicted octanol–water partition coefficient (Wildman–Crippen LogP) is 2.39. The van der Waals surface area contributed by atoms with E-state index in [1.54, 1.807) is 11.9 Å². The van der Waals surface area contributed by atoms with Gasteiger partial charge in [0.2, 0.25) is 5.91 Å². The lowest BCUT2D eigenvalue weighted by molar-refractivity contribution is -0.136. The van der Waals surface area contributed by atoms with Crippen LogP contribution in [0.15, 0.2) is 30.3 Å². The summed E-state index contributed by atoms with van der Waals surface area (Å²) in [4.78, 5) is 16.9. The second kappa shape index (κ2) is 8.21. The summed E-state index contributed by atoms with van der Waals surface area (Å²) in [5, 5.41) is 8.97. The van der Waals surface area contributed by atoms with Crippen molar-refractivity contribution in [3.05, 3.63) is 35.9 Å². The summed E-state index contributed by atoms with van der Waals surface area (Å²) in [6, 6.07) is 11.9. The predicted molar refractivity (Wildman–Crippen MR) is 90.5 cm³/mol. The molecule has 2 atom stereocenters. The van der Waals surface area contributed by atoms with Gasteiger partial charge in [-0.05, 0) is 12.5 Å². The quantitative estimate of drug-likeness (QED) is 0.836. The lowest BCUT2D eigenvalue weighted by Gasteiger charge is -2.36. The van der Waals surface area contributed by atoms with Crippen LogP contribution >= 0.6 is 11.8 Å². The zero-order valence-corrected chi connectivity index (χ0v) is 14.1. The van der Waals surface area contributed by atoms with Crippen molar-refractivity contribution in [2.24, 2.45) is 5.92 Å². The van der Waals surface area contributed by atoms with Crippen LogP contribution in [0.5, 0.6) is 0 Å². The molecule has 5 heteroatoms. The van der Waals surface area contributed by atoms with Crippen LogP contribution in [0.4, 0.5) is 0 Å². The fraction of sp³-hybridized carbons (Fsp3) is 0.529. The van der Waals surface area contributed by atoms with Gasteiger partial charge in [-0.25, -0.2) is 0 Å². The minimum absolute atomic E-state index is 0.0835. The monoisotopic (exact) mass is 317 g/mol. The summed E-state index contributed by atoms with van der Waals surface area (Å²) in [6.45, 7) is 4.18. The molecule has 0 saturated carbocycles. The van der Waals surface area contributed by atoms with E-state index in [1.165, 1.54) is 0 Å². The molecule has 1 aromatic carbocycles. The van der Waals surface area contributed by atoms with Crippen molar-refractivity contribution in [1.82, 2.24) is 9.80 Å². The first kappa shape index (κ1) is 16.9. The highest BCUT2D eigenvalue weighted by Crippen LogP contribution is 2.26. The van der Waals surface area contributed by atoms with Crippen LogP contribution in [0.1, 0.15) is 18.5 Å². The fourth-order valence-corrected chi connectivity index (χ4v) is 3.66. The average Bonchev–Trinajstić information content (AvgIpc) is 2.56. The third-order valence-electron chi connectivity index (χ3n) is 3.90. The lowest BCUT2D eigenvalue weighted by Crippen LogP contribution is -2.45. The number of nitriles is 1. The van der Waals surface area contributed by atoms with Gasteiger partial charge in [0, 0.05) is 38.2 Å². The summed E-state index contributed by atoms with van der Waals surface area (Å²) >= 11 is 1.94. The molecule has 1 aromatic rings. The third kappa shape index (κ3) is 4.25. The topological polar surface area (TPSA) is 47.3 Å². The zero-order chi connectivity index (χ0) is 15.9. The molecule has 0 spiro atoms. The number of carbonyl (C=O) groups excluding carboxylic acids is 1.